The minimum Gasteiger partial charge on any atom is -0.383 e. The Kier molecular flexibility index (Phi) is 4.65. The van der Waals surface area contributed by atoms with Gasteiger partial charge in [-0.3, -0.25) is 15.5 Å². The molecule has 6 nitrogen and oxygen atoms in total. The number of nitrogens with zero attached hydrogens (tertiary/aromatic N) is 2. The van der Waals surface area contributed by atoms with Gasteiger partial charge in [-0.25, -0.2) is 4.98 Å². The smallest absolute Gasteiger partial charge is 0.269 e. The summed E-state index contributed by atoms with van der Waals surface area (Å²) >= 11 is 4.54. The summed E-state index contributed by atoms with van der Waals surface area (Å²) in [7, 11) is 0. The monoisotopic (exact) mass is 376 g/mol. The van der Waals surface area contributed by atoms with Crippen molar-refractivity contribution in [2.45, 2.75) is 4.21 Å². The molecule has 0 aliphatic carbocycles. The number of thioether (sulfide) groups is 1. The minimum absolute atomic E-state index is 0.0300. The van der Waals surface area contributed by atoms with Gasteiger partial charge in [0.25, 0.3) is 5.69 Å². The molecule has 24 heavy (non-hydrogen) atoms. The molecule has 122 valence electrons. The highest BCUT2D eigenvalue weighted by molar-refractivity contribution is 8.00. The molecular weight excluding hydrogens is 364 g/mol. The van der Waals surface area contributed by atoms with Crippen LogP contribution >= 0.6 is 34.4 Å². The topological polar surface area (TPSA) is 106 Å². The van der Waals surface area contributed by atoms with Gasteiger partial charge in [0, 0.05) is 28.6 Å². The first-order valence-corrected chi connectivity index (χ1v) is 9.64. The van der Waals surface area contributed by atoms with E-state index in [2.05, 4.69) is 4.98 Å². The van der Waals surface area contributed by atoms with Crippen LogP contribution in [0.2, 0.25) is 0 Å². The predicted molar refractivity (Wildman–Crippen MR) is 100 cm³/mol. The maximum absolute atomic E-state index is 10.7. The zero-order valence-electron chi connectivity index (χ0n) is 12.5. The Balaban J connectivity index is 1.97. The van der Waals surface area contributed by atoms with Crippen molar-refractivity contribution in [3.8, 4) is 21.8 Å². The van der Waals surface area contributed by atoms with Gasteiger partial charge >= 0.3 is 0 Å². The van der Waals surface area contributed by atoms with E-state index in [-0.39, 0.29) is 11.5 Å². The van der Waals surface area contributed by atoms with E-state index in [1.54, 1.807) is 23.9 Å². The van der Waals surface area contributed by atoms with Crippen LogP contribution in [-0.2, 0) is 0 Å². The average molecular weight is 376 g/mol. The molecule has 0 unspecified atom stereocenters. The lowest BCUT2D eigenvalue weighted by Crippen LogP contribution is -2.09. The molecule has 2 heterocycles. The summed E-state index contributed by atoms with van der Waals surface area (Å²) in [4.78, 5) is 15.6. The highest BCUT2D eigenvalue weighted by Crippen LogP contribution is 2.38. The molecule has 9 heteroatoms. The molecule has 0 aliphatic heterocycles. The fraction of sp³-hybridized carbons (Fsp3) is 0.0667. The lowest BCUT2D eigenvalue weighted by atomic mass is 10.1. The summed E-state index contributed by atoms with van der Waals surface area (Å²) in [5.41, 5.74) is 8.15. The van der Waals surface area contributed by atoms with E-state index in [0.717, 1.165) is 26.0 Å². The summed E-state index contributed by atoms with van der Waals surface area (Å²) in [5.74, 6) is 0.0300. The van der Waals surface area contributed by atoms with Crippen LogP contribution in [0.3, 0.4) is 0 Å². The highest BCUT2D eigenvalue weighted by atomic mass is 32.2. The number of hydrogen-bond acceptors (Lipinski definition) is 7. The van der Waals surface area contributed by atoms with E-state index in [0.29, 0.717) is 4.88 Å². The average Bonchev–Trinajstić information content (AvgIpc) is 3.21. The van der Waals surface area contributed by atoms with Crippen molar-refractivity contribution >= 4 is 46.0 Å². The molecule has 0 amide bonds. The van der Waals surface area contributed by atoms with Crippen molar-refractivity contribution in [3.05, 3.63) is 50.7 Å². The van der Waals surface area contributed by atoms with Crippen LogP contribution in [0.5, 0.6) is 0 Å². The Bertz CT molecular complexity index is 915. The Hall–Kier alpha value is -2.23. The number of nitrogens with two attached hydrogens (primary N) is 1. The number of nitrogen functional groups attached to an aromatic ring is 1. The lowest BCUT2D eigenvalue weighted by Gasteiger charge is -1.98. The molecule has 3 aromatic rings. The van der Waals surface area contributed by atoms with Crippen molar-refractivity contribution < 1.29 is 4.92 Å². The number of thiazole rings is 1. The van der Waals surface area contributed by atoms with Crippen molar-refractivity contribution in [1.29, 1.82) is 5.41 Å². The molecule has 3 N–H and O–H groups in total. The summed E-state index contributed by atoms with van der Waals surface area (Å²) in [5, 5.41) is 21.2. The van der Waals surface area contributed by atoms with Gasteiger partial charge in [-0.1, -0.05) is 0 Å². The van der Waals surface area contributed by atoms with Crippen LogP contribution in [0.25, 0.3) is 21.8 Å². The second kappa shape index (κ2) is 6.71. The SMILES string of the molecule is CSc1cc(-c2nc(-c3ccc([N+](=O)[O-])cc3)cs2)c(C(=N)N)s1. The summed E-state index contributed by atoms with van der Waals surface area (Å²) in [6, 6.07) is 8.29. The fourth-order valence-electron chi connectivity index (χ4n) is 2.11. The molecule has 2 aromatic heterocycles. The number of nitro benzene ring substituents is 1. The van der Waals surface area contributed by atoms with Gasteiger partial charge in [-0.05, 0) is 24.5 Å². The molecule has 0 spiro atoms. The second-order valence-corrected chi connectivity index (χ2v) is 7.78. The summed E-state index contributed by atoms with van der Waals surface area (Å²) in [6.07, 6.45) is 1.98. The number of nitro groups is 1. The van der Waals surface area contributed by atoms with Crippen LogP contribution < -0.4 is 5.73 Å². The van der Waals surface area contributed by atoms with Crippen LogP contribution in [0.4, 0.5) is 5.69 Å². The first kappa shape index (κ1) is 16.6. The number of hydrogen-bond donors (Lipinski definition) is 2. The molecule has 0 saturated carbocycles. The quantitative estimate of drug-likeness (QED) is 0.225. The molecule has 0 fully saturated rings. The Morgan fingerprint density at radius 2 is 2.08 bits per heavy atom. The molecule has 0 aliphatic rings. The van der Waals surface area contributed by atoms with E-state index >= 15 is 0 Å². The number of non-ortho nitro benzene ring substituents is 1. The molecule has 0 saturated heterocycles. The van der Waals surface area contributed by atoms with Gasteiger partial charge in [0.1, 0.15) is 10.8 Å². The summed E-state index contributed by atoms with van der Waals surface area (Å²) in [6.45, 7) is 0. The zero-order chi connectivity index (χ0) is 17.3. The zero-order valence-corrected chi connectivity index (χ0v) is 14.9. The molecule has 3 rings (SSSR count). The van der Waals surface area contributed by atoms with Crippen LogP contribution in [0, 0.1) is 15.5 Å². The van der Waals surface area contributed by atoms with Gasteiger partial charge in [-0.2, -0.15) is 0 Å². The van der Waals surface area contributed by atoms with Crippen molar-refractivity contribution in [1.82, 2.24) is 4.98 Å². The van der Waals surface area contributed by atoms with Crippen molar-refractivity contribution in [3.63, 3.8) is 0 Å². The number of benzene rings is 1. The van der Waals surface area contributed by atoms with E-state index in [1.165, 1.54) is 34.8 Å². The number of nitrogens with one attached hydrogen (secondary N) is 1. The van der Waals surface area contributed by atoms with Crippen molar-refractivity contribution in [2.75, 3.05) is 6.26 Å². The third-order valence-electron chi connectivity index (χ3n) is 3.26. The Morgan fingerprint density at radius 3 is 2.67 bits per heavy atom. The van der Waals surface area contributed by atoms with Crippen LogP contribution in [0.1, 0.15) is 4.88 Å². The minimum atomic E-state index is -0.426. The Morgan fingerprint density at radius 1 is 1.38 bits per heavy atom. The molecular formula is C15H12N4O2S3. The number of rotatable bonds is 5. The molecule has 0 bridgehead atoms. The molecule has 1 aromatic carbocycles. The fourth-order valence-corrected chi connectivity index (χ4v) is 4.60. The maximum atomic E-state index is 10.7. The van der Waals surface area contributed by atoms with E-state index in [9.17, 15) is 10.1 Å². The normalized spacial score (nSPS) is 10.7. The summed E-state index contributed by atoms with van der Waals surface area (Å²) < 4.78 is 1.07. The van der Waals surface area contributed by atoms with Gasteiger partial charge < -0.3 is 5.73 Å². The third-order valence-corrected chi connectivity index (χ3v) is 6.37. The maximum Gasteiger partial charge on any atom is 0.269 e. The van der Waals surface area contributed by atoms with E-state index in [4.69, 9.17) is 11.1 Å². The largest absolute Gasteiger partial charge is 0.383 e. The van der Waals surface area contributed by atoms with E-state index in [1.807, 2.05) is 17.7 Å². The van der Waals surface area contributed by atoms with Crippen LogP contribution in [-0.4, -0.2) is 22.0 Å². The van der Waals surface area contributed by atoms with Crippen molar-refractivity contribution in [2.24, 2.45) is 5.73 Å². The number of thiophene rings is 1. The number of amidine groups is 1. The van der Waals surface area contributed by atoms with Gasteiger partial charge in [0.05, 0.1) is 19.7 Å². The number of aromatic nitrogens is 1. The first-order chi connectivity index (χ1) is 11.5. The molecule has 0 atom stereocenters. The van der Waals surface area contributed by atoms with Crippen LogP contribution in [0.15, 0.2) is 39.9 Å². The third kappa shape index (κ3) is 3.18. The standard InChI is InChI=1S/C15H12N4O2S3/c1-22-12-6-10(13(24-12)14(16)17)15-18-11(7-23-15)8-2-4-9(5-3-8)19(20)21/h2-7H,1H3,(H3,16,17). The highest BCUT2D eigenvalue weighted by Gasteiger charge is 2.17. The van der Waals surface area contributed by atoms with Gasteiger partial charge in [0.2, 0.25) is 0 Å². The predicted octanol–water partition coefficient (Wildman–Crippen LogP) is 4.45. The lowest BCUT2D eigenvalue weighted by molar-refractivity contribution is -0.384. The first-order valence-electron chi connectivity index (χ1n) is 6.72. The molecule has 0 radical (unpaired) electrons. The Labute approximate surface area is 150 Å². The van der Waals surface area contributed by atoms with Gasteiger partial charge in [0.15, 0.2) is 0 Å². The van der Waals surface area contributed by atoms with Gasteiger partial charge in [-0.15, -0.1) is 34.4 Å². The van der Waals surface area contributed by atoms with E-state index < -0.39 is 4.92 Å². The second-order valence-electron chi connectivity index (χ2n) is 4.77.